The Hall–Kier alpha value is -1.55. The first-order chi connectivity index (χ1) is 8.54. The Labute approximate surface area is 108 Å². The monoisotopic (exact) mass is 251 g/mol. The Kier molecular flexibility index (Phi) is 5.65. The third kappa shape index (κ3) is 4.37. The topological polar surface area (TPSA) is 61.5 Å². The van der Waals surface area contributed by atoms with Crippen molar-refractivity contribution in [3.05, 3.63) is 29.3 Å². The first-order valence-electron chi connectivity index (χ1n) is 6.08. The largest absolute Gasteiger partial charge is 0.492 e. The number of hydrogen-bond acceptors (Lipinski definition) is 4. The maximum atomic E-state index is 11.0. The van der Waals surface area contributed by atoms with Crippen molar-refractivity contribution >= 4 is 5.97 Å². The fourth-order valence-corrected chi connectivity index (χ4v) is 1.77. The molecular weight excluding hydrogens is 230 g/mol. The number of carbonyl (C=O) groups is 1. The van der Waals surface area contributed by atoms with Crippen molar-refractivity contribution in [2.75, 3.05) is 13.7 Å². The Morgan fingerprint density at radius 1 is 1.44 bits per heavy atom. The summed E-state index contributed by atoms with van der Waals surface area (Å²) in [7, 11) is 1.37. The number of hydrogen-bond donors (Lipinski definition) is 1. The van der Waals surface area contributed by atoms with Crippen LogP contribution in [0.3, 0.4) is 0 Å². The van der Waals surface area contributed by atoms with Crippen molar-refractivity contribution in [3.63, 3.8) is 0 Å². The zero-order valence-electron chi connectivity index (χ0n) is 11.2. The predicted molar refractivity (Wildman–Crippen MR) is 70.7 cm³/mol. The van der Waals surface area contributed by atoms with Gasteiger partial charge in [-0.3, -0.25) is 4.79 Å². The van der Waals surface area contributed by atoms with Gasteiger partial charge in [0, 0.05) is 6.04 Å². The number of nitrogens with two attached hydrogens (primary N) is 1. The van der Waals surface area contributed by atoms with Crippen LogP contribution in [0.15, 0.2) is 18.2 Å². The van der Waals surface area contributed by atoms with Crippen LogP contribution in [0, 0.1) is 6.92 Å². The smallest absolute Gasteiger partial charge is 0.308 e. The minimum absolute atomic E-state index is 0.0785. The highest BCUT2D eigenvalue weighted by Crippen LogP contribution is 2.24. The number of ether oxygens (including phenoxy) is 2. The molecule has 0 amide bonds. The highest BCUT2D eigenvalue weighted by molar-refractivity contribution is 5.69. The van der Waals surface area contributed by atoms with Crippen molar-refractivity contribution in [2.24, 2.45) is 5.73 Å². The molecule has 0 aromatic heterocycles. The lowest BCUT2D eigenvalue weighted by atomic mass is 10.0. The number of methoxy groups -OCH3 is 1. The lowest BCUT2D eigenvalue weighted by Gasteiger charge is -2.15. The minimum atomic E-state index is -0.266. The van der Waals surface area contributed by atoms with Crippen LogP contribution in [-0.4, -0.2) is 25.7 Å². The predicted octanol–water partition coefficient (Wildman–Crippen LogP) is 1.83. The van der Waals surface area contributed by atoms with Crippen LogP contribution in [0.25, 0.3) is 0 Å². The van der Waals surface area contributed by atoms with Crippen LogP contribution in [0.4, 0.5) is 0 Å². The number of rotatable bonds is 6. The molecule has 4 heteroatoms. The molecule has 0 saturated heterocycles. The van der Waals surface area contributed by atoms with Crippen LogP contribution in [-0.2, 0) is 16.0 Å². The van der Waals surface area contributed by atoms with E-state index in [0.29, 0.717) is 6.61 Å². The van der Waals surface area contributed by atoms with Gasteiger partial charge in [0.2, 0.25) is 0 Å². The zero-order chi connectivity index (χ0) is 13.5. The van der Waals surface area contributed by atoms with Gasteiger partial charge in [-0.1, -0.05) is 18.2 Å². The maximum Gasteiger partial charge on any atom is 0.308 e. The van der Waals surface area contributed by atoms with E-state index in [0.717, 1.165) is 23.3 Å². The number of carbonyl (C=O) groups excluding carboxylic acids is 1. The molecule has 0 fully saturated rings. The molecule has 0 bridgehead atoms. The van der Waals surface area contributed by atoms with Gasteiger partial charge >= 0.3 is 5.97 Å². The molecule has 0 aliphatic carbocycles. The minimum Gasteiger partial charge on any atom is -0.492 e. The average Bonchev–Trinajstić information content (AvgIpc) is 2.31. The van der Waals surface area contributed by atoms with Gasteiger partial charge in [0.1, 0.15) is 5.75 Å². The summed E-state index contributed by atoms with van der Waals surface area (Å²) in [5.41, 5.74) is 7.94. The van der Waals surface area contributed by atoms with Gasteiger partial charge in [-0.15, -0.1) is 0 Å². The lowest BCUT2D eigenvalue weighted by molar-refractivity contribution is -0.141. The van der Waals surface area contributed by atoms with Gasteiger partial charge in [0.25, 0.3) is 0 Å². The van der Waals surface area contributed by atoms with E-state index in [9.17, 15) is 4.79 Å². The molecule has 0 heterocycles. The summed E-state index contributed by atoms with van der Waals surface area (Å²) in [6, 6.07) is 6.05. The summed E-state index contributed by atoms with van der Waals surface area (Å²) in [4.78, 5) is 11.0. The molecule has 4 nitrogen and oxygen atoms in total. The van der Waals surface area contributed by atoms with Gasteiger partial charge in [0.05, 0.1) is 20.1 Å². The maximum absolute atomic E-state index is 11.0. The van der Waals surface area contributed by atoms with Crippen molar-refractivity contribution in [1.29, 1.82) is 0 Å². The van der Waals surface area contributed by atoms with E-state index in [1.165, 1.54) is 7.11 Å². The van der Waals surface area contributed by atoms with Gasteiger partial charge in [-0.2, -0.15) is 0 Å². The van der Waals surface area contributed by atoms with Crippen LogP contribution >= 0.6 is 0 Å². The second kappa shape index (κ2) is 7.01. The molecule has 100 valence electrons. The molecule has 0 radical (unpaired) electrons. The highest BCUT2D eigenvalue weighted by Gasteiger charge is 2.09. The molecule has 0 aliphatic rings. The fraction of sp³-hybridized carbons (Fsp3) is 0.500. The van der Waals surface area contributed by atoms with Gasteiger partial charge in [-0.25, -0.2) is 0 Å². The Bertz CT molecular complexity index is 402. The Morgan fingerprint density at radius 2 is 2.17 bits per heavy atom. The van der Waals surface area contributed by atoms with Gasteiger partial charge in [-0.05, 0) is 31.4 Å². The Morgan fingerprint density at radius 3 is 2.78 bits per heavy atom. The summed E-state index contributed by atoms with van der Waals surface area (Å²) in [5.74, 6) is 0.566. The second-order valence-electron chi connectivity index (χ2n) is 4.42. The van der Waals surface area contributed by atoms with Crippen LogP contribution < -0.4 is 10.5 Å². The summed E-state index contributed by atoms with van der Waals surface area (Å²) < 4.78 is 10.3. The average molecular weight is 251 g/mol. The molecule has 1 atom stereocenters. The summed E-state index contributed by atoms with van der Waals surface area (Å²) in [5, 5.41) is 0. The molecule has 1 unspecified atom stereocenters. The molecular formula is C14H21NO3. The molecule has 0 spiro atoms. The van der Waals surface area contributed by atoms with E-state index in [2.05, 4.69) is 4.74 Å². The van der Waals surface area contributed by atoms with Crippen molar-refractivity contribution < 1.29 is 14.3 Å². The molecule has 1 rings (SSSR count). The molecule has 1 aromatic carbocycles. The van der Waals surface area contributed by atoms with Crippen LogP contribution in [0.5, 0.6) is 5.75 Å². The number of benzene rings is 1. The Balaban J connectivity index is 2.70. The van der Waals surface area contributed by atoms with Crippen LogP contribution in [0.2, 0.25) is 0 Å². The van der Waals surface area contributed by atoms with E-state index < -0.39 is 0 Å². The third-order valence-electron chi connectivity index (χ3n) is 2.62. The molecule has 1 aromatic rings. The number of esters is 1. The summed E-state index contributed by atoms with van der Waals surface area (Å²) in [6.07, 6.45) is 1.01. The van der Waals surface area contributed by atoms with E-state index >= 15 is 0 Å². The van der Waals surface area contributed by atoms with E-state index in [4.69, 9.17) is 10.5 Å². The number of para-hydroxylation sites is 1. The van der Waals surface area contributed by atoms with Crippen molar-refractivity contribution in [3.8, 4) is 5.75 Å². The molecule has 0 aliphatic heterocycles. The van der Waals surface area contributed by atoms with E-state index in [1.54, 1.807) is 0 Å². The van der Waals surface area contributed by atoms with Crippen molar-refractivity contribution in [2.45, 2.75) is 32.7 Å². The molecule has 18 heavy (non-hydrogen) atoms. The quantitative estimate of drug-likeness (QED) is 0.783. The van der Waals surface area contributed by atoms with Crippen LogP contribution in [0.1, 0.15) is 24.5 Å². The highest BCUT2D eigenvalue weighted by atomic mass is 16.5. The van der Waals surface area contributed by atoms with Crippen molar-refractivity contribution in [1.82, 2.24) is 0 Å². The molecule has 2 N–H and O–H groups in total. The lowest BCUT2D eigenvalue weighted by Crippen LogP contribution is -2.19. The standard InChI is InChI=1S/C14H21NO3/c1-10-5-4-6-12(9-11(2)15)14(10)18-8-7-13(16)17-3/h4-6,11H,7-9,15H2,1-3H3. The summed E-state index contributed by atoms with van der Waals surface area (Å²) >= 11 is 0. The third-order valence-corrected chi connectivity index (χ3v) is 2.62. The zero-order valence-corrected chi connectivity index (χ0v) is 11.2. The first kappa shape index (κ1) is 14.5. The van der Waals surface area contributed by atoms with Gasteiger partial charge in [0.15, 0.2) is 0 Å². The molecule has 0 saturated carbocycles. The normalized spacial score (nSPS) is 12.0. The van der Waals surface area contributed by atoms with E-state index in [-0.39, 0.29) is 18.4 Å². The SMILES string of the molecule is COC(=O)CCOc1c(C)cccc1CC(C)N. The van der Waals surface area contributed by atoms with Gasteiger partial charge < -0.3 is 15.2 Å². The fourth-order valence-electron chi connectivity index (χ4n) is 1.77. The van der Waals surface area contributed by atoms with E-state index in [1.807, 2.05) is 32.0 Å². The summed E-state index contributed by atoms with van der Waals surface area (Å²) in [6.45, 7) is 4.27. The second-order valence-corrected chi connectivity index (χ2v) is 4.42. The number of aryl methyl sites for hydroxylation is 1. The first-order valence-corrected chi connectivity index (χ1v) is 6.08.